The molecule has 2 aromatic carbocycles. The predicted octanol–water partition coefficient (Wildman–Crippen LogP) is 2.79. The van der Waals surface area contributed by atoms with Crippen LogP contribution in [0.5, 0.6) is 0 Å². The number of benzene rings is 2. The third kappa shape index (κ3) is 5.93. The first-order valence-electron chi connectivity index (χ1n) is 10.4. The number of non-ortho nitro benzene ring substituents is 1. The van der Waals surface area contributed by atoms with E-state index in [1.807, 2.05) is 19.1 Å². The Labute approximate surface area is 191 Å². The molecule has 176 valence electrons. The van der Waals surface area contributed by atoms with Gasteiger partial charge in [-0.05, 0) is 44.4 Å². The first kappa shape index (κ1) is 24.3. The van der Waals surface area contributed by atoms with Crippen LogP contribution in [0.15, 0.2) is 47.4 Å². The topological polar surface area (TPSA) is 136 Å². The van der Waals surface area contributed by atoms with Crippen LogP contribution in [0, 0.1) is 29.9 Å². The quantitative estimate of drug-likeness (QED) is 0.369. The number of amides is 1. The zero-order chi connectivity index (χ0) is 24.2. The molecule has 0 unspecified atom stereocenters. The number of carbonyl (C=O) groups excluding carboxylic acids is 2. The SMILES string of the molecule is Cc1ccc(NC(=O)COC(=O)C2CCN(S(=O)(=O)c3cc([N+](=O)[O-])ccc3C)CC2)cc1. The van der Waals surface area contributed by atoms with Crippen molar-refractivity contribution >= 4 is 33.3 Å². The number of hydrogen-bond donors (Lipinski definition) is 1. The van der Waals surface area contributed by atoms with Crippen molar-refractivity contribution in [2.24, 2.45) is 5.92 Å². The van der Waals surface area contributed by atoms with Crippen molar-refractivity contribution in [3.8, 4) is 0 Å². The Bertz CT molecular complexity index is 1160. The zero-order valence-corrected chi connectivity index (χ0v) is 19.1. The Morgan fingerprint density at radius 3 is 2.36 bits per heavy atom. The largest absolute Gasteiger partial charge is 0.455 e. The van der Waals surface area contributed by atoms with Crippen LogP contribution in [-0.4, -0.2) is 49.2 Å². The van der Waals surface area contributed by atoms with Gasteiger partial charge in [0.25, 0.3) is 11.6 Å². The van der Waals surface area contributed by atoms with Gasteiger partial charge in [0, 0.05) is 30.9 Å². The van der Waals surface area contributed by atoms with Crippen LogP contribution in [0.1, 0.15) is 24.0 Å². The molecule has 1 heterocycles. The van der Waals surface area contributed by atoms with Gasteiger partial charge in [-0.15, -0.1) is 0 Å². The molecule has 1 N–H and O–H groups in total. The Balaban J connectivity index is 1.54. The number of sulfonamides is 1. The lowest BCUT2D eigenvalue weighted by Gasteiger charge is -2.30. The van der Waals surface area contributed by atoms with Crippen LogP contribution < -0.4 is 5.32 Å². The number of carbonyl (C=O) groups is 2. The van der Waals surface area contributed by atoms with E-state index in [9.17, 15) is 28.1 Å². The number of nitro benzene ring substituents is 1. The van der Waals surface area contributed by atoms with Crippen LogP contribution in [0.2, 0.25) is 0 Å². The highest BCUT2D eigenvalue weighted by molar-refractivity contribution is 7.89. The maximum atomic E-state index is 13.0. The molecule has 2 aromatic rings. The minimum Gasteiger partial charge on any atom is -0.455 e. The summed E-state index contributed by atoms with van der Waals surface area (Å²) in [4.78, 5) is 34.6. The molecule has 1 aliphatic heterocycles. The standard InChI is InChI=1S/C22H25N3O7S/c1-15-3-6-18(7-4-15)23-21(26)14-32-22(27)17-9-11-24(12-10-17)33(30,31)20-13-19(25(28)29)8-5-16(20)2/h3-8,13,17H,9-12,14H2,1-2H3,(H,23,26). The van der Waals surface area contributed by atoms with E-state index in [4.69, 9.17) is 4.74 Å². The van der Waals surface area contributed by atoms with Gasteiger partial charge in [0.1, 0.15) is 0 Å². The summed E-state index contributed by atoms with van der Waals surface area (Å²) in [5.74, 6) is -1.55. The fourth-order valence-electron chi connectivity index (χ4n) is 3.54. The summed E-state index contributed by atoms with van der Waals surface area (Å²) in [6.07, 6.45) is 0.456. The Kier molecular flexibility index (Phi) is 7.44. The fraction of sp³-hybridized carbons (Fsp3) is 0.364. The van der Waals surface area contributed by atoms with Gasteiger partial charge in [-0.25, -0.2) is 8.42 Å². The van der Waals surface area contributed by atoms with Gasteiger partial charge in [0.15, 0.2) is 6.61 Å². The number of hydrogen-bond acceptors (Lipinski definition) is 7. The zero-order valence-electron chi connectivity index (χ0n) is 18.3. The average molecular weight is 476 g/mol. The van der Waals surface area contributed by atoms with E-state index in [-0.39, 0.29) is 36.5 Å². The van der Waals surface area contributed by atoms with Crippen LogP contribution in [0.25, 0.3) is 0 Å². The number of piperidine rings is 1. The summed E-state index contributed by atoms with van der Waals surface area (Å²) in [5.41, 5.74) is 1.74. The second-order valence-electron chi connectivity index (χ2n) is 7.91. The lowest BCUT2D eigenvalue weighted by atomic mass is 9.98. The van der Waals surface area contributed by atoms with Gasteiger partial charge in [0.05, 0.1) is 15.7 Å². The summed E-state index contributed by atoms with van der Waals surface area (Å²) in [7, 11) is -3.95. The van der Waals surface area contributed by atoms with Gasteiger partial charge < -0.3 is 10.1 Å². The third-order valence-corrected chi connectivity index (χ3v) is 7.51. The molecule has 0 aromatic heterocycles. The van der Waals surface area contributed by atoms with Crippen LogP contribution in [-0.2, 0) is 24.3 Å². The molecule has 33 heavy (non-hydrogen) atoms. The molecule has 11 heteroatoms. The molecule has 0 aliphatic carbocycles. The average Bonchev–Trinajstić information content (AvgIpc) is 2.79. The molecule has 0 bridgehead atoms. The van der Waals surface area contributed by atoms with Gasteiger partial charge in [0.2, 0.25) is 10.0 Å². The van der Waals surface area contributed by atoms with E-state index in [0.29, 0.717) is 11.3 Å². The number of nitrogens with zero attached hydrogens (tertiary/aromatic N) is 2. The van der Waals surface area contributed by atoms with Crippen LogP contribution in [0.4, 0.5) is 11.4 Å². The van der Waals surface area contributed by atoms with Crippen molar-refractivity contribution in [1.29, 1.82) is 0 Å². The Hall–Kier alpha value is -3.31. The van der Waals surface area contributed by atoms with Crippen molar-refractivity contribution in [2.45, 2.75) is 31.6 Å². The summed E-state index contributed by atoms with van der Waals surface area (Å²) >= 11 is 0. The van der Waals surface area contributed by atoms with E-state index in [2.05, 4.69) is 5.32 Å². The Morgan fingerprint density at radius 1 is 1.12 bits per heavy atom. The molecule has 1 saturated heterocycles. The van der Waals surface area contributed by atoms with Crippen molar-refractivity contribution in [3.63, 3.8) is 0 Å². The molecule has 0 atom stereocenters. The number of rotatable bonds is 7. The number of esters is 1. The van der Waals surface area contributed by atoms with E-state index < -0.39 is 39.3 Å². The molecular weight excluding hydrogens is 450 g/mol. The molecule has 10 nitrogen and oxygen atoms in total. The molecule has 3 rings (SSSR count). The minimum absolute atomic E-state index is 0.0692. The lowest BCUT2D eigenvalue weighted by Crippen LogP contribution is -2.41. The first-order chi connectivity index (χ1) is 15.6. The number of nitrogens with one attached hydrogen (secondary N) is 1. The molecule has 0 saturated carbocycles. The van der Waals surface area contributed by atoms with Gasteiger partial charge in [-0.1, -0.05) is 23.8 Å². The number of aryl methyl sites for hydroxylation is 2. The lowest BCUT2D eigenvalue weighted by molar-refractivity contribution is -0.385. The van der Waals surface area contributed by atoms with E-state index in [1.165, 1.54) is 16.4 Å². The van der Waals surface area contributed by atoms with Crippen LogP contribution >= 0.6 is 0 Å². The van der Waals surface area contributed by atoms with E-state index in [1.54, 1.807) is 19.1 Å². The minimum atomic E-state index is -3.95. The second kappa shape index (κ2) is 10.1. The van der Waals surface area contributed by atoms with Crippen molar-refractivity contribution < 1.29 is 27.7 Å². The van der Waals surface area contributed by atoms with E-state index in [0.717, 1.165) is 11.6 Å². The third-order valence-electron chi connectivity index (χ3n) is 5.47. The molecule has 1 aliphatic rings. The van der Waals surface area contributed by atoms with Crippen molar-refractivity contribution in [1.82, 2.24) is 4.31 Å². The monoisotopic (exact) mass is 475 g/mol. The maximum Gasteiger partial charge on any atom is 0.309 e. The maximum absolute atomic E-state index is 13.0. The van der Waals surface area contributed by atoms with Gasteiger partial charge in [-0.2, -0.15) is 4.31 Å². The van der Waals surface area contributed by atoms with Gasteiger partial charge in [-0.3, -0.25) is 19.7 Å². The van der Waals surface area contributed by atoms with Gasteiger partial charge >= 0.3 is 5.97 Å². The number of ether oxygens (including phenoxy) is 1. The first-order valence-corrected chi connectivity index (χ1v) is 11.8. The predicted molar refractivity (Wildman–Crippen MR) is 120 cm³/mol. The second-order valence-corrected chi connectivity index (χ2v) is 9.81. The normalized spacial score (nSPS) is 15.1. The summed E-state index contributed by atoms with van der Waals surface area (Å²) in [6, 6.07) is 10.9. The molecule has 0 spiro atoms. The summed E-state index contributed by atoms with van der Waals surface area (Å²) in [6.45, 7) is 3.20. The fourth-order valence-corrected chi connectivity index (χ4v) is 5.25. The summed E-state index contributed by atoms with van der Waals surface area (Å²) < 4.78 is 32.3. The molecule has 1 amide bonds. The van der Waals surface area contributed by atoms with E-state index >= 15 is 0 Å². The number of anilines is 1. The molecular formula is C22H25N3O7S. The Morgan fingerprint density at radius 2 is 1.76 bits per heavy atom. The van der Waals surface area contributed by atoms with Crippen molar-refractivity contribution in [2.75, 3.05) is 25.0 Å². The smallest absolute Gasteiger partial charge is 0.309 e. The highest BCUT2D eigenvalue weighted by Gasteiger charge is 2.34. The highest BCUT2D eigenvalue weighted by atomic mass is 32.2. The number of nitro groups is 1. The summed E-state index contributed by atoms with van der Waals surface area (Å²) in [5, 5.41) is 13.7. The van der Waals surface area contributed by atoms with Crippen molar-refractivity contribution in [3.05, 3.63) is 63.7 Å². The van der Waals surface area contributed by atoms with Crippen LogP contribution in [0.3, 0.4) is 0 Å². The molecule has 0 radical (unpaired) electrons. The highest BCUT2D eigenvalue weighted by Crippen LogP contribution is 2.28. The molecule has 1 fully saturated rings.